The van der Waals surface area contributed by atoms with E-state index in [0.29, 0.717) is 16.9 Å². The van der Waals surface area contributed by atoms with E-state index in [1.54, 1.807) is 18.3 Å². The van der Waals surface area contributed by atoms with Crippen LogP contribution in [0.5, 0.6) is 0 Å². The zero-order chi connectivity index (χ0) is 19.6. The highest BCUT2D eigenvalue weighted by molar-refractivity contribution is 7.85. The van der Waals surface area contributed by atoms with E-state index in [2.05, 4.69) is 15.1 Å². The van der Waals surface area contributed by atoms with E-state index >= 15 is 0 Å². The lowest BCUT2D eigenvalue weighted by Crippen LogP contribution is -2.07. The molecule has 0 saturated carbocycles. The van der Waals surface area contributed by atoms with Crippen molar-refractivity contribution in [3.63, 3.8) is 0 Å². The number of nitrogen functional groups attached to an aromatic ring is 1. The van der Waals surface area contributed by atoms with E-state index in [-0.39, 0.29) is 23.5 Å². The molecule has 0 spiro atoms. The predicted molar refractivity (Wildman–Crippen MR) is 95.8 cm³/mol. The molecule has 11 nitrogen and oxygen atoms in total. The molecule has 0 radical (unpaired) electrons. The van der Waals surface area contributed by atoms with E-state index in [1.165, 1.54) is 29.3 Å². The summed E-state index contributed by atoms with van der Waals surface area (Å²) < 4.78 is 31.8. The number of aryl methyl sites for hydroxylation is 1. The van der Waals surface area contributed by atoms with Crippen LogP contribution in [0.3, 0.4) is 0 Å². The van der Waals surface area contributed by atoms with Crippen molar-refractivity contribution in [1.82, 2.24) is 19.7 Å². The van der Waals surface area contributed by atoms with E-state index < -0.39 is 20.8 Å². The maximum absolute atomic E-state index is 11.2. The Labute approximate surface area is 153 Å². The van der Waals surface area contributed by atoms with Crippen molar-refractivity contribution < 1.29 is 17.9 Å². The Balaban J connectivity index is 1.87. The van der Waals surface area contributed by atoms with Crippen LogP contribution in [0.15, 0.2) is 43.0 Å². The van der Waals surface area contributed by atoms with Crippen molar-refractivity contribution in [3.05, 3.63) is 58.7 Å². The first kappa shape index (κ1) is 18.4. The Morgan fingerprint density at radius 3 is 2.63 bits per heavy atom. The number of aromatic nitrogens is 4. The van der Waals surface area contributed by atoms with Crippen molar-refractivity contribution in [2.75, 3.05) is 11.5 Å². The molecule has 0 bridgehead atoms. The van der Waals surface area contributed by atoms with Gasteiger partial charge in [0.2, 0.25) is 5.82 Å². The summed E-state index contributed by atoms with van der Waals surface area (Å²) in [5.74, 6) is -0.152. The van der Waals surface area contributed by atoms with Crippen molar-refractivity contribution in [2.24, 2.45) is 0 Å². The van der Waals surface area contributed by atoms with E-state index in [4.69, 9.17) is 10.3 Å². The first-order valence-corrected chi connectivity index (χ1v) is 9.20. The average Bonchev–Trinajstić information content (AvgIpc) is 3.09. The van der Waals surface area contributed by atoms with Gasteiger partial charge >= 0.3 is 5.69 Å². The van der Waals surface area contributed by atoms with Crippen LogP contribution in [0.4, 0.5) is 11.5 Å². The highest BCUT2D eigenvalue weighted by atomic mass is 32.2. The van der Waals surface area contributed by atoms with Gasteiger partial charge in [0.1, 0.15) is 0 Å². The normalized spacial score (nSPS) is 11.4. The van der Waals surface area contributed by atoms with Gasteiger partial charge < -0.3 is 5.73 Å². The fourth-order valence-electron chi connectivity index (χ4n) is 2.43. The highest BCUT2D eigenvalue weighted by Gasteiger charge is 2.21. The van der Waals surface area contributed by atoms with Gasteiger partial charge in [0.25, 0.3) is 10.1 Å². The third-order valence-electron chi connectivity index (χ3n) is 3.72. The van der Waals surface area contributed by atoms with Gasteiger partial charge in [-0.15, -0.1) is 0 Å². The van der Waals surface area contributed by atoms with Crippen LogP contribution in [0.2, 0.25) is 0 Å². The molecular weight excluding hydrogens is 376 g/mol. The number of rotatable bonds is 6. The number of nitrogens with two attached hydrogens (primary N) is 1. The zero-order valence-electron chi connectivity index (χ0n) is 13.8. The molecule has 0 aliphatic heterocycles. The van der Waals surface area contributed by atoms with Crippen LogP contribution in [-0.4, -0.2) is 43.4 Å². The standard InChI is InChI=1S/C15H14N6O5S/c16-15-14(21(22)23)12(3-5-17-15)11-8-19-20(9-11)13-2-1-10(7-18-13)4-6-27(24,25)26/h1-3,5,7-9H,4,6H2,(H2,16,17)(H,24,25,26). The number of hydrogen-bond acceptors (Lipinski definition) is 8. The molecule has 3 aromatic rings. The average molecular weight is 390 g/mol. The van der Waals surface area contributed by atoms with Gasteiger partial charge in [0, 0.05) is 24.2 Å². The molecule has 0 unspecified atom stereocenters. The van der Waals surface area contributed by atoms with Gasteiger partial charge in [-0.05, 0) is 24.1 Å². The molecule has 0 saturated heterocycles. The SMILES string of the molecule is Nc1nccc(-c2cnn(-c3ccc(CCS(=O)(=O)O)cn3)c2)c1[N+](=O)[O-]. The summed E-state index contributed by atoms with van der Waals surface area (Å²) >= 11 is 0. The molecule has 0 aliphatic carbocycles. The molecule has 0 aliphatic rings. The minimum atomic E-state index is -4.04. The quantitative estimate of drug-likeness (QED) is 0.357. The molecule has 140 valence electrons. The Morgan fingerprint density at radius 1 is 1.22 bits per heavy atom. The molecule has 0 fully saturated rings. The number of hydrogen-bond donors (Lipinski definition) is 2. The number of anilines is 1. The van der Waals surface area contributed by atoms with Gasteiger partial charge in [0.05, 0.1) is 22.4 Å². The Morgan fingerprint density at radius 2 is 2.00 bits per heavy atom. The third-order valence-corrected chi connectivity index (χ3v) is 4.44. The molecule has 3 heterocycles. The molecule has 0 atom stereocenters. The van der Waals surface area contributed by atoms with E-state index in [1.807, 2.05) is 0 Å². The summed E-state index contributed by atoms with van der Waals surface area (Å²) in [6.45, 7) is 0. The summed E-state index contributed by atoms with van der Waals surface area (Å²) in [6.07, 6.45) is 5.96. The Kier molecular flexibility index (Phi) is 4.83. The van der Waals surface area contributed by atoms with Crippen molar-refractivity contribution in [3.8, 4) is 16.9 Å². The largest absolute Gasteiger partial charge is 0.378 e. The fraction of sp³-hybridized carbons (Fsp3) is 0.133. The maximum Gasteiger partial charge on any atom is 0.319 e. The highest BCUT2D eigenvalue weighted by Crippen LogP contribution is 2.32. The second-order valence-corrected chi connectivity index (χ2v) is 7.16. The van der Waals surface area contributed by atoms with Crippen LogP contribution in [-0.2, 0) is 16.5 Å². The van der Waals surface area contributed by atoms with E-state index in [9.17, 15) is 18.5 Å². The van der Waals surface area contributed by atoms with Gasteiger partial charge in [-0.25, -0.2) is 14.6 Å². The van der Waals surface area contributed by atoms with Gasteiger partial charge in [0.15, 0.2) is 5.82 Å². The Bertz CT molecular complexity index is 1090. The van der Waals surface area contributed by atoms with Crippen LogP contribution >= 0.6 is 0 Å². The molecule has 27 heavy (non-hydrogen) atoms. The van der Waals surface area contributed by atoms with Crippen LogP contribution < -0.4 is 5.73 Å². The van der Waals surface area contributed by atoms with Crippen LogP contribution in [0.1, 0.15) is 5.56 Å². The van der Waals surface area contributed by atoms with E-state index in [0.717, 1.165) is 0 Å². The number of pyridine rings is 2. The molecular formula is C15H14N6O5S. The molecule has 12 heteroatoms. The maximum atomic E-state index is 11.2. The lowest BCUT2D eigenvalue weighted by molar-refractivity contribution is -0.383. The predicted octanol–water partition coefficient (Wildman–Crippen LogP) is 1.25. The summed E-state index contributed by atoms with van der Waals surface area (Å²) in [6, 6.07) is 4.74. The lowest BCUT2D eigenvalue weighted by atomic mass is 10.1. The Hall–Kier alpha value is -3.38. The number of nitrogens with zero attached hydrogens (tertiary/aromatic N) is 5. The first-order chi connectivity index (χ1) is 12.7. The smallest absolute Gasteiger partial charge is 0.319 e. The monoisotopic (exact) mass is 390 g/mol. The van der Waals surface area contributed by atoms with Crippen molar-refractivity contribution >= 4 is 21.6 Å². The first-order valence-electron chi connectivity index (χ1n) is 7.59. The molecule has 3 aromatic heterocycles. The molecule has 3 rings (SSSR count). The van der Waals surface area contributed by atoms with Crippen LogP contribution in [0, 0.1) is 10.1 Å². The second kappa shape index (κ2) is 7.09. The summed E-state index contributed by atoms with van der Waals surface area (Å²) in [7, 11) is -4.04. The minimum Gasteiger partial charge on any atom is -0.378 e. The van der Waals surface area contributed by atoms with Gasteiger partial charge in [-0.1, -0.05) is 6.07 Å². The molecule has 3 N–H and O–H groups in total. The van der Waals surface area contributed by atoms with Crippen LogP contribution in [0.25, 0.3) is 16.9 Å². The zero-order valence-corrected chi connectivity index (χ0v) is 14.6. The third kappa shape index (κ3) is 4.24. The topological polar surface area (TPSA) is 167 Å². The fourth-order valence-corrected chi connectivity index (χ4v) is 2.92. The minimum absolute atomic E-state index is 0.124. The summed E-state index contributed by atoms with van der Waals surface area (Å²) in [5.41, 5.74) is 6.67. The molecule has 0 amide bonds. The summed E-state index contributed by atoms with van der Waals surface area (Å²) in [5, 5.41) is 15.4. The summed E-state index contributed by atoms with van der Waals surface area (Å²) in [4.78, 5) is 18.6. The number of nitro groups is 1. The van der Waals surface area contributed by atoms with Crippen molar-refractivity contribution in [2.45, 2.75) is 6.42 Å². The van der Waals surface area contributed by atoms with Crippen molar-refractivity contribution in [1.29, 1.82) is 0 Å². The van der Waals surface area contributed by atoms with Gasteiger partial charge in [-0.2, -0.15) is 13.5 Å². The van der Waals surface area contributed by atoms with Gasteiger partial charge in [-0.3, -0.25) is 14.7 Å². The second-order valence-electron chi connectivity index (χ2n) is 5.58. The molecule has 0 aromatic carbocycles. The lowest BCUT2D eigenvalue weighted by Gasteiger charge is -2.03.